The largest absolute Gasteiger partial charge is 0.494 e. The number of anilines is 1. The molecule has 9 heteroatoms. The summed E-state index contributed by atoms with van der Waals surface area (Å²) in [5, 5.41) is 2.16. The lowest BCUT2D eigenvalue weighted by molar-refractivity contribution is -0.127. The van der Waals surface area contributed by atoms with Gasteiger partial charge in [0.1, 0.15) is 12.3 Å². The summed E-state index contributed by atoms with van der Waals surface area (Å²) in [6.45, 7) is 2.04. The van der Waals surface area contributed by atoms with E-state index in [0.29, 0.717) is 35.1 Å². The van der Waals surface area contributed by atoms with Crippen molar-refractivity contribution in [3.05, 3.63) is 52.9 Å². The summed E-state index contributed by atoms with van der Waals surface area (Å²) in [6, 6.07) is 12.0. The van der Waals surface area contributed by atoms with Gasteiger partial charge in [-0.3, -0.25) is 19.3 Å². The number of hydrogen-bond acceptors (Lipinski definition) is 7. The fourth-order valence-corrected chi connectivity index (χ4v) is 3.78. The van der Waals surface area contributed by atoms with Gasteiger partial charge < -0.3 is 19.5 Å². The van der Waals surface area contributed by atoms with E-state index in [1.807, 2.05) is 6.92 Å². The lowest BCUT2D eigenvalue weighted by Gasteiger charge is -2.13. The van der Waals surface area contributed by atoms with Crippen LogP contribution in [0.4, 0.5) is 10.5 Å². The van der Waals surface area contributed by atoms with Crippen LogP contribution in [0.3, 0.4) is 0 Å². The summed E-state index contributed by atoms with van der Waals surface area (Å²) in [5.74, 6) is 0.619. The summed E-state index contributed by atoms with van der Waals surface area (Å²) >= 11 is 0.771. The van der Waals surface area contributed by atoms with Crippen LogP contribution in [0, 0.1) is 0 Å². The SMILES string of the molecule is CCOc1ccc(NC(=O)CN2C(=O)S/C(=C/c3cccc(OC)c3OC)C2=O)cc1. The molecule has 3 amide bonds. The number of thioether (sulfide) groups is 1. The van der Waals surface area contributed by atoms with Crippen LogP contribution in [-0.4, -0.2) is 49.3 Å². The van der Waals surface area contributed by atoms with Crippen molar-refractivity contribution in [3.63, 3.8) is 0 Å². The van der Waals surface area contributed by atoms with Crippen molar-refractivity contribution in [1.82, 2.24) is 4.90 Å². The monoisotopic (exact) mass is 442 g/mol. The van der Waals surface area contributed by atoms with Crippen molar-refractivity contribution in [2.24, 2.45) is 0 Å². The highest BCUT2D eigenvalue weighted by Crippen LogP contribution is 2.37. The molecule has 0 unspecified atom stereocenters. The van der Waals surface area contributed by atoms with Crippen LogP contribution in [0.2, 0.25) is 0 Å². The molecule has 0 aliphatic carbocycles. The second-order valence-corrected chi connectivity index (χ2v) is 7.35. The van der Waals surface area contributed by atoms with Crippen molar-refractivity contribution in [2.45, 2.75) is 6.92 Å². The van der Waals surface area contributed by atoms with Crippen molar-refractivity contribution >= 4 is 40.6 Å². The second-order valence-electron chi connectivity index (χ2n) is 6.36. The maximum atomic E-state index is 12.7. The van der Waals surface area contributed by atoms with Gasteiger partial charge in [-0.05, 0) is 55.1 Å². The molecule has 0 spiro atoms. The molecular weight excluding hydrogens is 420 g/mol. The topological polar surface area (TPSA) is 94.2 Å². The average molecular weight is 442 g/mol. The number of nitrogens with zero attached hydrogens (tertiary/aromatic N) is 1. The first-order valence-corrected chi connectivity index (χ1v) is 10.3. The van der Waals surface area contributed by atoms with E-state index in [2.05, 4.69) is 5.32 Å². The zero-order valence-electron chi connectivity index (χ0n) is 17.3. The van der Waals surface area contributed by atoms with E-state index in [1.54, 1.807) is 48.5 Å². The fourth-order valence-electron chi connectivity index (χ4n) is 2.95. The number of rotatable bonds is 8. The molecule has 2 aromatic rings. The molecule has 1 N–H and O–H groups in total. The van der Waals surface area contributed by atoms with E-state index in [9.17, 15) is 14.4 Å². The number of para-hydroxylation sites is 1. The lowest BCUT2D eigenvalue weighted by Crippen LogP contribution is -2.36. The third kappa shape index (κ3) is 5.18. The molecule has 0 bridgehead atoms. The molecule has 162 valence electrons. The van der Waals surface area contributed by atoms with E-state index in [-0.39, 0.29) is 11.4 Å². The van der Waals surface area contributed by atoms with Crippen LogP contribution in [0.25, 0.3) is 6.08 Å². The molecule has 31 heavy (non-hydrogen) atoms. The normalized spacial score (nSPS) is 14.7. The Morgan fingerprint density at radius 1 is 1.10 bits per heavy atom. The summed E-state index contributed by atoms with van der Waals surface area (Å²) < 4.78 is 16.0. The first-order valence-electron chi connectivity index (χ1n) is 9.46. The summed E-state index contributed by atoms with van der Waals surface area (Å²) in [7, 11) is 3.00. The number of imide groups is 1. The first kappa shape index (κ1) is 22.2. The Balaban J connectivity index is 1.70. The minimum atomic E-state index is -0.540. The van der Waals surface area contributed by atoms with Crippen molar-refractivity contribution in [2.75, 3.05) is 32.7 Å². The van der Waals surface area contributed by atoms with E-state index >= 15 is 0 Å². The molecule has 8 nitrogen and oxygen atoms in total. The third-order valence-electron chi connectivity index (χ3n) is 4.34. The minimum absolute atomic E-state index is 0.199. The van der Waals surface area contributed by atoms with Crippen LogP contribution in [0.1, 0.15) is 12.5 Å². The second kappa shape index (κ2) is 10.0. The Hall–Kier alpha value is -3.46. The van der Waals surface area contributed by atoms with Gasteiger partial charge in [0, 0.05) is 11.3 Å². The standard InChI is InChI=1S/C22H22N2O6S/c1-4-30-16-10-8-15(9-11-16)23-19(25)13-24-21(26)18(31-22(24)27)12-14-6-5-7-17(28-2)20(14)29-3/h5-12H,4,13H2,1-3H3,(H,23,25)/b18-12+. The van der Waals surface area contributed by atoms with Gasteiger partial charge in [0.15, 0.2) is 11.5 Å². The number of carbonyl (C=O) groups is 3. The van der Waals surface area contributed by atoms with Gasteiger partial charge in [0.05, 0.1) is 25.7 Å². The van der Waals surface area contributed by atoms with Crippen molar-refractivity contribution in [3.8, 4) is 17.2 Å². The molecule has 1 heterocycles. The van der Waals surface area contributed by atoms with Gasteiger partial charge >= 0.3 is 0 Å². The fraction of sp³-hybridized carbons (Fsp3) is 0.227. The molecule has 3 rings (SSSR count). The number of ether oxygens (including phenoxy) is 3. The predicted molar refractivity (Wildman–Crippen MR) is 118 cm³/mol. The third-order valence-corrected chi connectivity index (χ3v) is 5.25. The van der Waals surface area contributed by atoms with Gasteiger partial charge in [-0.25, -0.2) is 0 Å². The minimum Gasteiger partial charge on any atom is -0.494 e. The molecule has 0 saturated carbocycles. The maximum absolute atomic E-state index is 12.7. The smallest absolute Gasteiger partial charge is 0.294 e. The number of benzene rings is 2. The first-order chi connectivity index (χ1) is 15.0. The van der Waals surface area contributed by atoms with Crippen molar-refractivity contribution < 1.29 is 28.6 Å². The highest BCUT2D eigenvalue weighted by atomic mass is 32.2. The Labute approximate surface area is 184 Å². The van der Waals surface area contributed by atoms with Crippen LogP contribution in [0.15, 0.2) is 47.4 Å². The van der Waals surface area contributed by atoms with Crippen molar-refractivity contribution in [1.29, 1.82) is 0 Å². The Bertz CT molecular complexity index is 1020. The number of nitrogens with one attached hydrogen (secondary N) is 1. The van der Waals surface area contributed by atoms with E-state index in [1.165, 1.54) is 14.2 Å². The van der Waals surface area contributed by atoms with Crippen LogP contribution < -0.4 is 19.5 Å². The van der Waals surface area contributed by atoms with Crippen LogP contribution >= 0.6 is 11.8 Å². The maximum Gasteiger partial charge on any atom is 0.294 e. The quantitative estimate of drug-likeness (QED) is 0.622. The molecule has 1 aliphatic rings. The molecule has 0 radical (unpaired) electrons. The summed E-state index contributed by atoms with van der Waals surface area (Å²) in [4.78, 5) is 38.5. The number of hydrogen-bond donors (Lipinski definition) is 1. The number of carbonyl (C=O) groups excluding carboxylic acids is 3. The molecule has 1 saturated heterocycles. The van der Waals surface area contributed by atoms with Crippen LogP contribution in [0.5, 0.6) is 17.2 Å². The molecule has 0 atom stereocenters. The van der Waals surface area contributed by atoms with Crippen LogP contribution in [-0.2, 0) is 9.59 Å². The van der Waals surface area contributed by atoms with E-state index in [4.69, 9.17) is 14.2 Å². The Morgan fingerprint density at radius 2 is 1.84 bits per heavy atom. The van der Waals surface area contributed by atoms with Gasteiger partial charge in [-0.2, -0.15) is 0 Å². The molecule has 1 aliphatic heterocycles. The zero-order chi connectivity index (χ0) is 22.4. The lowest BCUT2D eigenvalue weighted by atomic mass is 10.1. The molecule has 2 aromatic carbocycles. The van der Waals surface area contributed by atoms with Gasteiger partial charge in [-0.15, -0.1) is 0 Å². The number of methoxy groups -OCH3 is 2. The van der Waals surface area contributed by atoms with Gasteiger partial charge in [-0.1, -0.05) is 12.1 Å². The number of amides is 3. The van der Waals surface area contributed by atoms with Gasteiger partial charge in [0.2, 0.25) is 5.91 Å². The predicted octanol–water partition coefficient (Wildman–Crippen LogP) is 3.78. The average Bonchev–Trinajstić information content (AvgIpc) is 3.02. The Morgan fingerprint density at radius 3 is 2.48 bits per heavy atom. The Kier molecular flexibility index (Phi) is 7.19. The molecular formula is C22H22N2O6S. The summed E-state index contributed by atoms with van der Waals surface area (Å²) in [5.41, 5.74) is 1.13. The highest BCUT2D eigenvalue weighted by Gasteiger charge is 2.36. The van der Waals surface area contributed by atoms with E-state index < -0.39 is 17.1 Å². The molecule has 0 aromatic heterocycles. The highest BCUT2D eigenvalue weighted by molar-refractivity contribution is 8.18. The summed E-state index contributed by atoms with van der Waals surface area (Å²) in [6.07, 6.45) is 1.55. The molecule has 1 fully saturated rings. The van der Waals surface area contributed by atoms with Gasteiger partial charge in [0.25, 0.3) is 11.1 Å². The zero-order valence-corrected chi connectivity index (χ0v) is 18.2. The van der Waals surface area contributed by atoms with E-state index in [0.717, 1.165) is 16.7 Å².